The Morgan fingerprint density at radius 3 is 2.69 bits per heavy atom. The number of methoxy groups -OCH3 is 1. The normalized spacial score (nSPS) is 12.1. The fraction of sp³-hybridized carbons (Fsp3) is 0.421. The second-order valence-electron chi connectivity index (χ2n) is 6.14. The number of halogens is 2. The average molecular weight is 535 g/mol. The smallest absolute Gasteiger partial charge is 0.246 e. The molecule has 10 heteroatoms. The van der Waals surface area contributed by atoms with Crippen LogP contribution in [0.5, 0.6) is 0 Å². The number of hydrogen-bond acceptors (Lipinski definition) is 5. The molecule has 160 valence electrons. The predicted octanol–water partition coefficient (Wildman–Crippen LogP) is 3.64. The Balaban J connectivity index is 0.00000420. The van der Waals surface area contributed by atoms with Crippen molar-refractivity contribution in [3.63, 3.8) is 0 Å². The monoisotopic (exact) mass is 535 g/mol. The molecule has 1 unspecified atom stereocenters. The fourth-order valence-corrected chi connectivity index (χ4v) is 3.19. The van der Waals surface area contributed by atoms with Crippen LogP contribution in [-0.2, 0) is 16.1 Å². The summed E-state index contributed by atoms with van der Waals surface area (Å²) in [7, 11) is 3.54. The average Bonchev–Trinajstić information content (AvgIpc) is 3.14. The molecule has 29 heavy (non-hydrogen) atoms. The van der Waals surface area contributed by atoms with Crippen LogP contribution in [0.15, 0.2) is 34.6 Å². The van der Waals surface area contributed by atoms with E-state index in [1.54, 1.807) is 18.4 Å². The summed E-state index contributed by atoms with van der Waals surface area (Å²) in [5.41, 5.74) is 1.44. The van der Waals surface area contributed by atoms with Crippen molar-refractivity contribution >= 4 is 52.9 Å². The van der Waals surface area contributed by atoms with Gasteiger partial charge in [-0.05, 0) is 38.1 Å². The number of nitrogens with one attached hydrogen (secondary N) is 2. The molecule has 2 rings (SSSR count). The zero-order valence-electron chi connectivity index (χ0n) is 16.9. The van der Waals surface area contributed by atoms with Gasteiger partial charge in [0, 0.05) is 31.8 Å². The van der Waals surface area contributed by atoms with Crippen molar-refractivity contribution in [2.24, 2.45) is 4.99 Å². The lowest BCUT2D eigenvalue weighted by Gasteiger charge is -2.21. The van der Waals surface area contributed by atoms with Gasteiger partial charge in [0.05, 0.1) is 12.2 Å². The van der Waals surface area contributed by atoms with Crippen LogP contribution in [0.2, 0.25) is 0 Å². The Kier molecular flexibility index (Phi) is 11.1. The molecule has 2 aromatic rings. The Labute approximate surface area is 191 Å². The highest BCUT2D eigenvalue weighted by atomic mass is 127. The summed E-state index contributed by atoms with van der Waals surface area (Å²) in [5, 5.41) is 8.78. The zero-order valence-corrected chi connectivity index (χ0v) is 20.1. The summed E-state index contributed by atoms with van der Waals surface area (Å²) in [4.78, 5) is 23.0. The van der Waals surface area contributed by atoms with E-state index in [-0.39, 0.29) is 48.3 Å². The number of aliphatic imine (C=N–C) groups is 1. The summed E-state index contributed by atoms with van der Waals surface area (Å²) >= 11 is 1.56. The first kappa shape index (κ1) is 25.2. The molecule has 0 fully saturated rings. The summed E-state index contributed by atoms with van der Waals surface area (Å²) in [6.45, 7) is 5.10. The summed E-state index contributed by atoms with van der Waals surface area (Å²) in [6, 6.07) is 5.61. The van der Waals surface area contributed by atoms with E-state index >= 15 is 0 Å². The van der Waals surface area contributed by atoms with Crippen molar-refractivity contribution < 1.29 is 13.9 Å². The minimum Gasteiger partial charge on any atom is -0.375 e. The van der Waals surface area contributed by atoms with E-state index in [1.165, 1.54) is 24.3 Å². The maximum atomic E-state index is 12.9. The van der Waals surface area contributed by atoms with E-state index in [2.05, 4.69) is 20.6 Å². The van der Waals surface area contributed by atoms with Gasteiger partial charge in [0.2, 0.25) is 5.91 Å². The Bertz CT molecular complexity index is 800. The van der Waals surface area contributed by atoms with Crippen molar-refractivity contribution in [1.29, 1.82) is 0 Å². The van der Waals surface area contributed by atoms with Crippen LogP contribution in [0, 0.1) is 5.82 Å². The number of benzene rings is 1. The molecule has 0 aliphatic carbocycles. The standard InChI is InChI=1S/C19H26FN5O2S.HI/c1-5-21-19(22-10-17(26)23-15-8-6-14(20)7-9-15)25(3)11-16-12-28-18(24-16)13(2)27-4;/h6-9,12-13H,5,10-11H2,1-4H3,(H,21,22)(H,23,26);1H. The second kappa shape index (κ2) is 12.7. The third kappa shape index (κ3) is 8.23. The number of rotatable bonds is 8. The highest BCUT2D eigenvalue weighted by molar-refractivity contribution is 14.0. The van der Waals surface area contributed by atoms with Gasteiger partial charge in [-0.3, -0.25) is 4.79 Å². The molecular weight excluding hydrogens is 508 g/mol. The highest BCUT2D eigenvalue weighted by Crippen LogP contribution is 2.20. The van der Waals surface area contributed by atoms with Gasteiger partial charge in [0.1, 0.15) is 23.5 Å². The lowest BCUT2D eigenvalue weighted by atomic mass is 10.3. The van der Waals surface area contributed by atoms with Crippen LogP contribution in [-0.4, -0.2) is 49.0 Å². The number of guanidine groups is 1. The molecule has 0 aliphatic rings. The molecule has 1 aromatic carbocycles. The molecule has 1 aromatic heterocycles. The largest absolute Gasteiger partial charge is 0.375 e. The third-order valence-electron chi connectivity index (χ3n) is 3.87. The van der Waals surface area contributed by atoms with Crippen molar-refractivity contribution in [3.05, 3.63) is 46.2 Å². The number of nitrogens with zero attached hydrogens (tertiary/aromatic N) is 3. The first-order valence-corrected chi connectivity index (χ1v) is 9.82. The van der Waals surface area contributed by atoms with Crippen LogP contribution in [0.3, 0.4) is 0 Å². The van der Waals surface area contributed by atoms with Crippen molar-refractivity contribution in [3.8, 4) is 0 Å². The maximum Gasteiger partial charge on any atom is 0.246 e. The molecule has 0 bridgehead atoms. The lowest BCUT2D eigenvalue weighted by Crippen LogP contribution is -2.39. The van der Waals surface area contributed by atoms with E-state index < -0.39 is 0 Å². The minimum atomic E-state index is -0.350. The molecule has 0 radical (unpaired) electrons. The molecule has 0 aliphatic heterocycles. The number of aromatic nitrogens is 1. The Hall–Kier alpha value is -1.79. The first-order chi connectivity index (χ1) is 13.4. The van der Waals surface area contributed by atoms with Gasteiger partial charge >= 0.3 is 0 Å². The molecule has 2 N–H and O–H groups in total. The predicted molar refractivity (Wildman–Crippen MR) is 125 cm³/mol. The Morgan fingerprint density at radius 1 is 1.38 bits per heavy atom. The molecule has 7 nitrogen and oxygen atoms in total. The molecule has 0 saturated carbocycles. The Morgan fingerprint density at radius 2 is 2.07 bits per heavy atom. The molecular formula is C19H27FIN5O2S. The van der Waals surface area contributed by atoms with E-state index in [4.69, 9.17) is 4.74 Å². The molecule has 1 amide bonds. The quantitative estimate of drug-likeness (QED) is 0.307. The van der Waals surface area contributed by atoms with Gasteiger partial charge in [-0.2, -0.15) is 0 Å². The number of carbonyl (C=O) groups is 1. The van der Waals surface area contributed by atoms with Gasteiger partial charge in [-0.1, -0.05) is 0 Å². The molecule has 1 atom stereocenters. The van der Waals surface area contributed by atoms with E-state index in [0.717, 1.165) is 10.7 Å². The van der Waals surface area contributed by atoms with Gasteiger partial charge in [-0.25, -0.2) is 14.4 Å². The summed E-state index contributed by atoms with van der Waals surface area (Å²) in [6.07, 6.45) is -0.0406. The van der Waals surface area contributed by atoms with Crippen LogP contribution in [0.1, 0.15) is 30.7 Å². The fourth-order valence-electron chi connectivity index (χ4n) is 2.35. The number of hydrogen-bond donors (Lipinski definition) is 2. The summed E-state index contributed by atoms with van der Waals surface area (Å²) in [5.74, 6) is -0.0245. The number of carbonyl (C=O) groups excluding carboxylic acids is 1. The topological polar surface area (TPSA) is 78.9 Å². The SMILES string of the molecule is CCNC(=NCC(=O)Nc1ccc(F)cc1)N(C)Cc1csc(C(C)OC)n1.I. The van der Waals surface area contributed by atoms with E-state index in [0.29, 0.717) is 24.7 Å². The first-order valence-electron chi connectivity index (χ1n) is 8.94. The number of anilines is 1. The zero-order chi connectivity index (χ0) is 20.5. The van der Waals surface area contributed by atoms with Gasteiger partial charge in [0.15, 0.2) is 5.96 Å². The third-order valence-corrected chi connectivity index (χ3v) is 4.92. The molecule has 1 heterocycles. The van der Waals surface area contributed by atoms with Crippen LogP contribution in [0.4, 0.5) is 10.1 Å². The maximum absolute atomic E-state index is 12.9. The van der Waals surface area contributed by atoms with Crippen LogP contribution >= 0.6 is 35.3 Å². The number of thiazole rings is 1. The van der Waals surface area contributed by atoms with Gasteiger partial charge < -0.3 is 20.3 Å². The van der Waals surface area contributed by atoms with Crippen LogP contribution in [0.25, 0.3) is 0 Å². The minimum absolute atomic E-state index is 0. The van der Waals surface area contributed by atoms with Crippen molar-refractivity contribution in [2.45, 2.75) is 26.5 Å². The lowest BCUT2D eigenvalue weighted by molar-refractivity contribution is -0.114. The number of amides is 1. The van der Waals surface area contributed by atoms with Crippen molar-refractivity contribution in [1.82, 2.24) is 15.2 Å². The second-order valence-corrected chi connectivity index (χ2v) is 7.03. The van der Waals surface area contributed by atoms with Crippen LogP contribution < -0.4 is 10.6 Å². The molecule has 0 saturated heterocycles. The van der Waals surface area contributed by atoms with Gasteiger partial charge in [-0.15, -0.1) is 35.3 Å². The number of ether oxygens (including phenoxy) is 1. The van der Waals surface area contributed by atoms with Crippen molar-refractivity contribution in [2.75, 3.05) is 32.6 Å². The van der Waals surface area contributed by atoms with E-state index in [9.17, 15) is 9.18 Å². The summed E-state index contributed by atoms with van der Waals surface area (Å²) < 4.78 is 18.2. The van der Waals surface area contributed by atoms with Gasteiger partial charge in [0.25, 0.3) is 0 Å². The molecule has 0 spiro atoms. The highest BCUT2D eigenvalue weighted by Gasteiger charge is 2.13. The van der Waals surface area contributed by atoms with E-state index in [1.807, 2.05) is 31.2 Å².